The van der Waals surface area contributed by atoms with E-state index < -0.39 is 5.54 Å². The summed E-state index contributed by atoms with van der Waals surface area (Å²) in [5, 5.41) is 11.0. The van der Waals surface area contributed by atoms with Crippen molar-refractivity contribution in [1.82, 2.24) is 0 Å². The molecule has 1 fully saturated rings. The van der Waals surface area contributed by atoms with Gasteiger partial charge in [-0.15, -0.1) is 0 Å². The largest absolute Gasteiger partial charge is 0.396 e. The number of benzene rings is 2. The molecule has 0 aliphatic heterocycles. The maximum absolute atomic E-state index is 10.2. The Morgan fingerprint density at radius 3 is 2.55 bits per heavy atom. The zero-order valence-electron chi connectivity index (χ0n) is 19.2. The van der Waals surface area contributed by atoms with Crippen LogP contribution in [0.25, 0.3) is 0 Å². The summed E-state index contributed by atoms with van der Waals surface area (Å²) < 4.78 is 5.89. The van der Waals surface area contributed by atoms with Crippen LogP contribution in [0.3, 0.4) is 0 Å². The van der Waals surface area contributed by atoms with Crippen LogP contribution in [0.4, 0.5) is 0 Å². The predicted molar refractivity (Wildman–Crippen MR) is 129 cm³/mol. The van der Waals surface area contributed by atoms with E-state index in [1.165, 1.54) is 11.1 Å². The molecule has 0 amide bonds. The molecule has 31 heavy (non-hydrogen) atoms. The van der Waals surface area contributed by atoms with Crippen molar-refractivity contribution in [2.75, 3.05) is 13.2 Å². The lowest BCUT2D eigenvalue weighted by Crippen LogP contribution is -2.43. The lowest BCUT2D eigenvalue weighted by molar-refractivity contribution is 0.0827. The summed E-state index contributed by atoms with van der Waals surface area (Å²) in [6.07, 6.45) is 4.82. The highest BCUT2D eigenvalue weighted by molar-refractivity contribution is 6.31. The summed E-state index contributed by atoms with van der Waals surface area (Å²) >= 11 is 6.65. The molecule has 3 unspecified atom stereocenters. The Hall–Kier alpha value is -1.39. The van der Waals surface area contributed by atoms with E-state index in [4.69, 9.17) is 22.1 Å². The lowest BCUT2D eigenvalue weighted by atomic mass is 9.78. The number of hydrogen-bond donors (Lipinski definition) is 2. The summed E-state index contributed by atoms with van der Waals surface area (Å²) in [5.41, 5.74) is 10.1. The average Bonchev–Trinajstić information content (AvgIpc) is 3.07. The SMILES string of the molecule is CC(C)(C)CCc1ccc(C2(N)CCC(CCOCc3ccccc3)C2CO)cc1Cl. The number of halogens is 1. The fourth-order valence-electron chi connectivity index (χ4n) is 4.80. The van der Waals surface area contributed by atoms with Gasteiger partial charge in [0.25, 0.3) is 0 Å². The van der Waals surface area contributed by atoms with Gasteiger partial charge in [-0.1, -0.05) is 74.8 Å². The van der Waals surface area contributed by atoms with Crippen molar-refractivity contribution >= 4 is 11.6 Å². The van der Waals surface area contributed by atoms with Gasteiger partial charge < -0.3 is 15.6 Å². The first kappa shape index (κ1) is 24.3. The molecule has 1 saturated carbocycles. The van der Waals surface area contributed by atoms with Gasteiger partial charge in [-0.05, 0) is 66.2 Å². The van der Waals surface area contributed by atoms with Gasteiger partial charge in [0, 0.05) is 29.7 Å². The highest BCUT2D eigenvalue weighted by atomic mass is 35.5. The quantitative estimate of drug-likeness (QED) is 0.460. The topological polar surface area (TPSA) is 55.5 Å². The Bertz CT molecular complexity index is 833. The maximum Gasteiger partial charge on any atom is 0.0716 e. The Morgan fingerprint density at radius 2 is 1.90 bits per heavy atom. The molecule has 3 atom stereocenters. The van der Waals surface area contributed by atoms with E-state index in [1.807, 2.05) is 24.3 Å². The highest BCUT2D eigenvalue weighted by Crippen LogP contribution is 2.47. The molecule has 0 radical (unpaired) electrons. The second-order valence-electron chi connectivity index (χ2n) is 10.3. The molecule has 170 valence electrons. The smallest absolute Gasteiger partial charge is 0.0716 e. The molecule has 3 nitrogen and oxygen atoms in total. The second kappa shape index (κ2) is 10.5. The van der Waals surface area contributed by atoms with Crippen LogP contribution in [0, 0.1) is 17.3 Å². The van der Waals surface area contributed by atoms with E-state index in [2.05, 4.69) is 45.0 Å². The standard InChI is InChI=1S/C27H38ClNO2/c1-26(2,3)14-11-22-9-10-23(17-25(22)28)27(29)15-12-21(24(27)18-30)13-16-31-19-20-7-5-4-6-8-20/h4-10,17,21,24,30H,11-16,18-19,29H2,1-3H3. The molecule has 1 aliphatic rings. The van der Waals surface area contributed by atoms with Crippen LogP contribution in [-0.4, -0.2) is 18.3 Å². The van der Waals surface area contributed by atoms with Crippen molar-refractivity contribution in [3.63, 3.8) is 0 Å². The van der Waals surface area contributed by atoms with Crippen molar-refractivity contribution in [1.29, 1.82) is 0 Å². The van der Waals surface area contributed by atoms with Crippen molar-refractivity contribution in [3.05, 3.63) is 70.2 Å². The molecule has 3 rings (SSSR count). The van der Waals surface area contributed by atoms with Crippen LogP contribution >= 0.6 is 11.6 Å². The van der Waals surface area contributed by atoms with Crippen molar-refractivity contribution in [2.24, 2.45) is 23.0 Å². The van der Waals surface area contributed by atoms with E-state index in [1.54, 1.807) is 0 Å². The Morgan fingerprint density at radius 1 is 1.16 bits per heavy atom. The monoisotopic (exact) mass is 443 g/mol. The number of aliphatic hydroxyl groups excluding tert-OH is 1. The van der Waals surface area contributed by atoms with Gasteiger partial charge in [-0.25, -0.2) is 0 Å². The molecule has 2 aromatic carbocycles. The minimum atomic E-state index is -0.537. The minimum absolute atomic E-state index is 0.0179. The molecular formula is C27H38ClNO2. The van der Waals surface area contributed by atoms with Crippen LogP contribution in [0.5, 0.6) is 0 Å². The summed E-state index contributed by atoms with van der Waals surface area (Å²) in [6.45, 7) is 8.13. The van der Waals surface area contributed by atoms with Gasteiger partial charge in [-0.2, -0.15) is 0 Å². The van der Waals surface area contributed by atoms with Crippen LogP contribution in [0.2, 0.25) is 5.02 Å². The second-order valence-corrected chi connectivity index (χ2v) is 10.7. The van der Waals surface area contributed by atoms with Crippen LogP contribution in [-0.2, 0) is 23.3 Å². The van der Waals surface area contributed by atoms with E-state index in [0.29, 0.717) is 19.1 Å². The number of rotatable bonds is 9. The first-order chi connectivity index (χ1) is 14.7. The average molecular weight is 444 g/mol. The molecule has 1 aliphatic carbocycles. The minimum Gasteiger partial charge on any atom is -0.396 e. The fourth-order valence-corrected chi connectivity index (χ4v) is 5.07. The summed E-state index contributed by atoms with van der Waals surface area (Å²) in [5.74, 6) is 0.370. The Balaban J connectivity index is 1.61. The fraction of sp³-hybridized carbons (Fsp3) is 0.556. The molecule has 2 aromatic rings. The number of aliphatic hydroxyl groups is 1. The predicted octanol–water partition coefficient (Wildman–Crippen LogP) is 6.10. The van der Waals surface area contributed by atoms with Crippen LogP contribution < -0.4 is 5.73 Å². The summed E-state index contributed by atoms with van der Waals surface area (Å²) in [7, 11) is 0. The van der Waals surface area contributed by atoms with E-state index in [9.17, 15) is 5.11 Å². The zero-order valence-corrected chi connectivity index (χ0v) is 20.0. The molecule has 0 bridgehead atoms. The molecule has 0 heterocycles. The normalized spacial score (nSPS) is 23.9. The Labute approximate surface area is 193 Å². The molecule has 0 spiro atoms. The van der Waals surface area contributed by atoms with E-state index >= 15 is 0 Å². The van der Waals surface area contributed by atoms with Gasteiger partial charge in [0.15, 0.2) is 0 Å². The van der Waals surface area contributed by atoms with Crippen LogP contribution in [0.15, 0.2) is 48.5 Å². The number of ether oxygens (including phenoxy) is 1. The number of nitrogens with two attached hydrogens (primary N) is 1. The number of aryl methyl sites for hydroxylation is 1. The third kappa shape index (κ3) is 6.32. The molecule has 0 saturated heterocycles. The molecule has 3 N–H and O–H groups in total. The van der Waals surface area contributed by atoms with Gasteiger partial charge >= 0.3 is 0 Å². The van der Waals surface area contributed by atoms with Crippen molar-refractivity contribution in [3.8, 4) is 0 Å². The molecule has 4 heteroatoms. The Kier molecular flexibility index (Phi) is 8.20. The van der Waals surface area contributed by atoms with E-state index in [-0.39, 0.29) is 17.9 Å². The summed E-state index contributed by atoms with van der Waals surface area (Å²) in [6, 6.07) is 16.5. The first-order valence-corrected chi connectivity index (χ1v) is 11.9. The number of hydrogen-bond acceptors (Lipinski definition) is 3. The van der Waals surface area contributed by atoms with Crippen molar-refractivity contribution in [2.45, 2.75) is 65.0 Å². The van der Waals surface area contributed by atoms with Gasteiger partial charge in [0.05, 0.1) is 6.61 Å². The van der Waals surface area contributed by atoms with Gasteiger partial charge in [0.1, 0.15) is 0 Å². The highest BCUT2D eigenvalue weighted by Gasteiger charge is 2.46. The zero-order chi connectivity index (χ0) is 22.5. The van der Waals surface area contributed by atoms with E-state index in [0.717, 1.165) is 42.7 Å². The summed E-state index contributed by atoms with van der Waals surface area (Å²) in [4.78, 5) is 0. The molecule has 0 aromatic heterocycles. The van der Waals surface area contributed by atoms with Crippen LogP contribution in [0.1, 0.15) is 63.1 Å². The maximum atomic E-state index is 10.2. The van der Waals surface area contributed by atoms with Gasteiger partial charge in [0.2, 0.25) is 0 Å². The van der Waals surface area contributed by atoms with Gasteiger partial charge in [-0.3, -0.25) is 0 Å². The first-order valence-electron chi connectivity index (χ1n) is 11.5. The lowest BCUT2D eigenvalue weighted by Gasteiger charge is -2.34. The molecular weight excluding hydrogens is 406 g/mol. The third-order valence-electron chi connectivity index (χ3n) is 6.84. The van der Waals surface area contributed by atoms with Crippen molar-refractivity contribution < 1.29 is 9.84 Å². The third-order valence-corrected chi connectivity index (χ3v) is 7.19.